The summed E-state index contributed by atoms with van der Waals surface area (Å²) < 4.78 is 29.2. The molecule has 0 saturated heterocycles. The minimum absolute atomic E-state index is 0.0852. The minimum Gasteiger partial charge on any atom is -0.404 e. The summed E-state index contributed by atoms with van der Waals surface area (Å²) in [6.07, 6.45) is -0.517. The maximum absolute atomic E-state index is 14.0. The van der Waals surface area contributed by atoms with Gasteiger partial charge in [0.1, 0.15) is 5.75 Å². The molecule has 19 heavy (non-hydrogen) atoms. The number of Topliss-reactive ketones (excluding diaryl/α,β-unsaturated/α-hetero) is 1. The van der Waals surface area contributed by atoms with Gasteiger partial charge in [0.25, 0.3) is 0 Å². The molecule has 1 atom stereocenters. The summed E-state index contributed by atoms with van der Waals surface area (Å²) in [5.41, 5.74) is -0.160. The van der Waals surface area contributed by atoms with E-state index in [1.807, 2.05) is 6.92 Å². The fourth-order valence-electron chi connectivity index (χ4n) is 1.55. The van der Waals surface area contributed by atoms with Gasteiger partial charge in [0, 0.05) is 12.0 Å². The molecule has 0 radical (unpaired) electrons. The first-order chi connectivity index (χ1) is 8.85. The van der Waals surface area contributed by atoms with Gasteiger partial charge in [0.05, 0.1) is 0 Å². The average molecular weight is 290 g/mol. The summed E-state index contributed by atoms with van der Waals surface area (Å²) in [7, 11) is -4.78. The lowest BCUT2D eigenvalue weighted by molar-refractivity contribution is -0.124. The second-order valence-electron chi connectivity index (χ2n) is 4.05. The molecule has 7 heteroatoms. The maximum Gasteiger partial charge on any atom is 0.524 e. The normalized spacial score (nSPS) is 13.1. The van der Waals surface area contributed by atoms with E-state index < -0.39 is 19.8 Å². The molecule has 0 spiro atoms. The van der Waals surface area contributed by atoms with Crippen molar-refractivity contribution < 1.29 is 28.1 Å². The molecule has 1 aromatic rings. The molecule has 0 saturated carbocycles. The van der Waals surface area contributed by atoms with E-state index in [9.17, 15) is 13.8 Å². The number of phosphoric ester groups is 1. The van der Waals surface area contributed by atoms with Crippen molar-refractivity contribution in [3.8, 4) is 5.75 Å². The highest BCUT2D eigenvalue weighted by Gasteiger charge is 2.25. The van der Waals surface area contributed by atoms with Crippen LogP contribution >= 0.6 is 7.82 Å². The Hall–Kier alpha value is -1.23. The third-order valence-corrected chi connectivity index (χ3v) is 2.90. The molecule has 2 N–H and O–H groups in total. The first-order valence-electron chi connectivity index (χ1n) is 5.86. The van der Waals surface area contributed by atoms with Crippen molar-refractivity contribution in [3.63, 3.8) is 0 Å². The summed E-state index contributed by atoms with van der Waals surface area (Å²) in [4.78, 5) is 29.1. The highest BCUT2D eigenvalue weighted by Crippen LogP contribution is 2.41. The quantitative estimate of drug-likeness (QED) is 0.754. The van der Waals surface area contributed by atoms with Crippen LogP contribution in [0, 0.1) is 0 Å². The summed E-state index contributed by atoms with van der Waals surface area (Å²) in [6.45, 7) is 1.88. The Morgan fingerprint density at radius 2 is 2.05 bits per heavy atom. The molecule has 1 unspecified atom stereocenters. The number of carbonyl (C=O) groups excluding carboxylic acids is 1. The van der Waals surface area contributed by atoms with Gasteiger partial charge < -0.3 is 4.52 Å². The van der Waals surface area contributed by atoms with Crippen molar-refractivity contribution in [1.82, 2.24) is 0 Å². The number of carbonyl (C=O) groups is 1. The van der Waals surface area contributed by atoms with Gasteiger partial charge >= 0.3 is 7.82 Å². The standard InChI is InChI=1S/C12H16FO5P/c1-2-3-7-10(14)12(13)9-6-4-5-8-11(9)18-19(15,16)17/h4-6,8,12H,2-3,7H2,1H3,(H2,15,16,17). The van der Waals surface area contributed by atoms with Gasteiger partial charge in [-0.1, -0.05) is 31.5 Å². The molecular formula is C12H16FO5P. The topological polar surface area (TPSA) is 83.8 Å². The number of phosphoric acid groups is 1. The van der Waals surface area contributed by atoms with E-state index in [1.165, 1.54) is 24.3 Å². The SMILES string of the molecule is CCCCC(=O)C(F)c1ccccc1OP(=O)(O)O. The number of para-hydroxylation sites is 1. The number of ketones is 1. The Kier molecular flexibility index (Phi) is 5.66. The number of unbranched alkanes of at least 4 members (excludes halogenated alkanes) is 1. The third kappa shape index (κ3) is 5.11. The van der Waals surface area contributed by atoms with Crippen LogP contribution in [0.4, 0.5) is 4.39 Å². The molecule has 5 nitrogen and oxygen atoms in total. The largest absolute Gasteiger partial charge is 0.524 e. The van der Waals surface area contributed by atoms with Crippen LogP contribution in [0.2, 0.25) is 0 Å². The number of halogens is 1. The Morgan fingerprint density at radius 3 is 2.63 bits per heavy atom. The van der Waals surface area contributed by atoms with Crippen molar-refractivity contribution in [3.05, 3.63) is 29.8 Å². The average Bonchev–Trinajstić information content (AvgIpc) is 2.34. The van der Waals surface area contributed by atoms with E-state index in [0.717, 1.165) is 6.42 Å². The predicted octanol–water partition coefficient (Wildman–Crippen LogP) is 2.93. The van der Waals surface area contributed by atoms with Crippen molar-refractivity contribution in [1.29, 1.82) is 0 Å². The second kappa shape index (κ2) is 6.80. The highest BCUT2D eigenvalue weighted by molar-refractivity contribution is 7.46. The lowest BCUT2D eigenvalue weighted by atomic mass is 10.0. The Bertz CT molecular complexity index is 485. The van der Waals surface area contributed by atoms with Crippen LogP contribution in [0.25, 0.3) is 0 Å². The second-order valence-corrected chi connectivity index (χ2v) is 5.22. The number of hydrogen-bond donors (Lipinski definition) is 2. The van der Waals surface area contributed by atoms with Crippen molar-refractivity contribution in [2.24, 2.45) is 0 Å². The van der Waals surface area contributed by atoms with E-state index in [-0.39, 0.29) is 17.7 Å². The van der Waals surface area contributed by atoms with Crippen LogP contribution in [-0.4, -0.2) is 15.6 Å². The molecule has 0 aliphatic rings. The molecule has 1 rings (SSSR count). The van der Waals surface area contributed by atoms with Crippen LogP contribution in [0.15, 0.2) is 24.3 Å². The van der Waals surface area contributed by atoms with Crippen LogP contribution in [0.5, 0.6) is 5.75 Å². The zero-order valence-corrected chi connectivity index (χ0v) is 11.3. The van der Waals surface area contributed by atoms with Gasteiger partial charge in [-0.25, -0.2) is 8.96 Å². The molecule has 0 aromatic heterocycles. The van der Waals surface area contributed by atoms with Gasteiger partial charge in [0.15, 0.2) is 12.0 Å². The Labute approximate surface area is 110 Å². The fourth-order valence-corrected chi connectivity index (χ4v) is 1.97. The van der Waals surface area contributed by atoms with Gasteiger partial charge in [-0.15, -0.1) is 0 Å². The van der Waals surface area contributed by atoms with Gasteiger partial charge in [-0.3, -0.25) is 14.6 Å². The number of rotatable bonds is 7. The number of hydrogen-bond acceptors (Lipinski definition) is 3. The summed E-state index contributed by atoms with van der Waals surface area (Å²) in [5, 5.41) is 0. The van der Waals surface area contributed by atoms with Gasteiger partial charge in [-0.05, 0) is 12.5 Å². The molecule has 106 valence electrons. The monoisotopic (exact) mass is 290 g/mol. The first kappa shape index (κ1) is 15.8. The Balaban J connectivity index is 2.93. The van der Waals surface area contributed by atoms with Crippen molar-refractivity contribution in [2.45, 2.75) is 32.4 Å². The van der Waals surface area contributed by atoms with E-state index in [1.54, 1.807) is 0 Å². The first-order valence-corrected chi connectivity index (χ1v) is 7.39. The van der Waals surface area contributed by atoms with Crippen LogP contribution in [0.1, 0.15) is 37.9 Å². The molecule has 0 amide bonds. The summed E-state index contributed by atoms with van der Waals surface area (Å²) in [5.74, 6) is -0.934. The molecule has 0 aliphatic carbocycles. The molecule has 0 fully saturated rings. The molecule has 0 aliphatic heterocycles. The minimum atomic E-state index is -4.78. The molecule has 0 heterocycles. The summed E-state index contributed by atoms with van der Waals surface area (Å²) >= 11 is 0. The maximum atomic E-state index is 14.0. The van der Waals surface area contributed by atoms with E-state index in [2.05, 4.69) is 4.52 Å². The smallest absolute Gasteiger partial charge is 0.404 e. The van der Waals surface area contributed by atoms with E-state index in [4.69, 9.17) is 9.79 Å². The zero-order chi connectivity index (χ0) is 14.5. The van der Waals surface area contributed by atoms with Crippen LogP contribution in [-0.2, 0) is 9.36 Å². The molecular weight excluding hydrogens is 274 g/mol. The number of alkyl halides is 1. The van der Waals surface area contributed by atoms with Gasteiger partial charge in [0.2, 0.25) is 0 Å². The number of benzene rings is 1. The van der Waals surface area contributed by atoms with E-state index >= 15 is 0 Å². The van der Waals surface area contributed by atoms with E-state index in [0.29, 0.717) is 6.42 Å². The van der Waals surface area contributed by atoms with Crippen molar-refractivity contribution in [2.75, 3.05) is 0 Å². The zero-order valence-electron chi connectivity index (χ0n) is 10.5. The lowest BCUT2D eigenvalue weighted by Gasteiger charge is -2.14. The van der Waals surface area contributed by atoms with Crippen LogP contribution in [0.3, 0.4) is 0 Å². The summed E-state index contributed by atoms with van der Waals surface area (Å²) in [6, 6.07) is 5.41. The third-order valence-electron chi connectivity index (χ3n) is 2.47. The highest BCUT2D eigenvalue weighted by atomic mass is 31.2. The molecule has 1 aromatic carbocycles. The Morgan fingerprint density at radius 1 is 1.42 bits per heavy atom. The predicted molar refractivity (Wildman–Crippen MR) is 67.5 cm³/mol. The fraction of sp³-hybridized carbons (Fsp3) is 0.417. The lowest BCUT2D eigenvalue weighted by Crippen LogP contribution is -2.09. The van der Waals surface area contributed by atoms with Crippen LogP contribution < -0.4 is 4.52 Å². The van der Waals surface area contributed by atoms with Gasteiger partial charge in [-0.2, -0.15) is 0 Å². The molecule has 0 bridgehead atoms. The van der Waals surface area contributed by atoms with Crippen molar-refractivity contribution >= 4 is 13.6 Å².